The molecule has 0 unspecified atom stereocenters. The molecule has 1 aliphatic heterocycles. The molecule has 0 spiro atoms. The molecule has 0 fully saturated rings. The summed E-state index contributed by atoms with van der Waals surface area (Å²) in [6, 6.07) is 8.99. The van der Waals surface area contributed by atoms with Crippen molar-refractivity contribution < 1.29 is 23.8 Å². The van der Waals surface area contributed by atoms with Crippen LogP contribution in [0.25, 0.3) is 5.69 Å². The van der Waals surface area contributed by atoms with Gasteiger partial charge in [-0.15, -0.1) is 0 Å². The Morgan fingerprint density at radius 2 is 1.93 bits per heavy atom. The molecule has 1 aromatic carbocycles. The van der Waals surface area contributed by atoms with E-state index in [9.17, 15) is 9.59 Å². The molecular formula is C21H17BrN2O5. The van der Waals surface area contributed by atoms with Gasteiger partial charge in [-0.05, 0) is 54.0 Å². The number of aryl methyl sites for hydroxylation is 1. The summed E-state index contributed by atoms with van der Waals surface area (Å²) in [6.45, 7) is 3.61. The van der Waals surface area contributed by atoms with Crippen LogP contribution in [0.3, 0.4) is 0 Å². The third kappa shape index (κ3) is 3.75. The van der Waals surface area contributed by atoms with Gasteiger partial charge in [0.05, 0.1) is 5.56 Å². The van der Waals surface area contributed by atoms with Crippen LogP contribution in [0.2, 0.25) is 0 Å². The molecule has 0 N–H and O–H groups in total. The first kappa shape index (κ1) is 19.2. The largest absolute Gasteiger partial charge is 0.454 e. The lowest BCUT2D eigenvalue weighted by atomic mass is 10.1. The number of hydrogen-bond acceptors (Lipinski definition) is 6. The summed E-state index contributed by atoms with van der Waals surface area (Å²) in [6.07, 6.45) is 2.95. The van der Waals surface area contributed by atoms with Crippen molar-refractivity contribution in [3.05, 3.63) is 69.7 Å². The van der Waals surface area contributed by atoms with Crippen molar-refractivity contribution in [2.24, 2.45) is 0 Å². The quantitative estimate of drug-likeness (QED) is 0.426. The van der Waals surface area contributed by atoms with E-state index in [0.717, 1.165) is 17.1 Å². The van der Waals surface area contributed by atoms with E-state index in [0.29, 0.717) is 21.5 Å². The number of ether oxygens (including phenoxy) is 3. The van der Waals surface area contributed by atoms with Crippen molar-refractivity contribution in [2.75, 3.05) is 13.4 Å². The number of nitrogens with zero attached hydrogens (tertiary/aromatic N) is 2. The van der Waals surface area contributed by atoms with E-state index >= 15 is 0 Å². The number of ketones is 1. The van der Waals surface area contributed by atoms with E-state index in [4.69, 9.17) is 14.2 Å². The van der Waals surface area contributed by atoms with Crippen LogP contribution in [0.1, 0.15) is 32.1 Å². The summed E-state index contributed by atoms with van der Waals surface area (Å²) in [4.78, 5) is 28.8. The first-order valence-electron chi connectivity index (χ1n) is 8.84. The van der Waals surface area contributed by atoms with Crippen molar-refractivity contribution in [2.45, 2.75) is 13.8 Å². The predicted molar refractivity (Wildman–Crippen MR) is 108 cm³/mol. The lowest BCUT2D eigenvalue weighted by molar-refractivity contribution is 0.0474. The molecule has 148 valence electrons. The highest BCUT2D eigenvalue weighted by molar-refractivity contribution is 9.10. The summed E-state index contributed by atoms with van der Waals surface area (Å²) < 4.78 is 18.6. The van der Waals surface area contributed by atoms with E-state index in [-0.39, 0.29) is 24.7 Å². The first-order chi connectivity index (χ1) is 13.9. The average Bonchev–Trinajstić information content (AvgIpc) is 3.29. The molecular weight excluding hydrogens is 440 g/mol. The Labute approximate surface area is 175 Å². The number of halogens is 1. The van der Waals surface area contributed by atoms with Crippen molar-refractivity contribution in [3.8, 4) is 17.2 Å². The fraction of sp³-hybridized carbons (Fsp3) is 0.190. The molecule has 0 radical (unpaired) electrons. The molecule has 7 nitrogen and oxygen atoms in total. The first-order valence-corrected chi connectivity index (χ1v) is 9.63. The van der Waals surface area contributed by atoms with Crippen LogP contribution in [-0.4, -0.2) is 34.7 Å². The monoisotopic (exact) mass is 456 g/mol. The average molecular weight is 457 g/mol. The van der Waals surface area contributed by atoms with E-state index in [1.165, 1.54) is 6.20 Å². The molecule has 3 heterocycles. The number of esters is 1. The highest BCUT2D eigenvalue weighted by atomic mass is 79.9. The zero-order chi connectivity index (χ0) is 20.5. The van der Waals surface area contributed by atoms with E-state index in [1.807, 2.05) is 36.6 Å². The van der Waals surface area contributed by atoms with Crippen LogP contribution in [0.5, 0.6) is 11.5 Å². The van der Waals surface area contributed by atoms with E-state index in [2.05, 4.69) is 20.9 Å². The summed E-state index contributed by atoms with van der Waals surface area (Å²) in [5.41, 5.74) is 3.28. The molecule has 29 heavy (non-hydrogen) atoms. The van der Waals surface area contributed by atoms with Crippen LogP contribution in [0, 0.1) is 13.8 Å². The van der Waals surface area contributed by atoms with Gasteiger partial charge in [0.15, 0.2) is 18.1 Å². The third-order valence-corrected chi connectivity index (χ3v) is 5.05. The fourth-order valence-corrected chi connectivity index (χ4v) is 3.65. The second-order valence-electron chi connectivity index (χ2n) is 6.55. The van der Waals surface area contributed by atoms with Crippen LogP contribution >= 0.6 is 15.9 Å². The lowest BCUT2D eigenvalue weighted by Gasteiger charge is -2.11. The van der Waals surface area contributed by atoms with Crippen LogP contribution in [-0.2, 0) is 4.74 Å². The van der Waals surface area contributed by atoms with Crippen molar-refractivity contribution in [3.63, 3.8) is 0 Å². The van der Waals surface area contributed by atoms with Crippen LogP contribution in [0.15, 0.2) is 47.2 Å². The van der Waals surface area contributed by atoms with Crippen molar-refractivity contribution in [1.82, 2.24) is 9.55 Å². The van der Waals surface area contributed by atoms with Gasteiger partial charge in [-0.25, -0.2) is 4.79 Å². The Kier molecular flexibility index (Phi) is 5.10. The predicted octanol–water partition coefficient (Wildman–Crippen LogP) is 4.02. The van der Waals surface area contributed by atoms with Gasteiger partial charge in [0.25, 0.3) is 0 Å². The maximum Gasteiger partial charge on any atom is 0.340 e. The number of hydrogen-bond donors (Lipinski definition) is 0. The molecule has 1 aliphatic rings. The normalized spacial score (nSPS) is 12.1. The second-order valence-corrected chi connectivity index (χ2v) is 7.46. The number of benzene rings is 1. The molecule has 2 aromatic heterocycles. The Hall–Kier alpha value is -3.13. The summed E-state index contributed by atoms with van der Waals surface area (Å²) in [5.74, 6) is 0.485. The molecule has 0 amide bonds. The minimum Gasteiger partial charge on any atom is -0.454 e. The Morgan fingerprint density at radius 3 is 2.72 bits per heavy atom. The maximum atomic E-state index is 12.7. The highest BCUT2D eigenvalue weighted by Crippen LogP contribution is 2.35. The van der Waals surface area contributed by atoms with E-state index in [1.54, 1.807) is 18.3 Å². The topological polar surface area (TPSA) is 79.7 Å². The number of rotatable bonds is 5. The number of pyridine rings is 1. The molecule has 0 atom stereocenters. The summed E-state index contributed by atoms with van der Waals surface area (Å²) in [7, 11) is 0. The molecule has 0 saturated heterocycles. The zero-order valence-corrected chi connectivity index (χ0v) is 17.4. The fourth-order valence-electron chi connectivity index (χ4n) is 3.28. The standard InChI is InChI=1S/C21H17BrN2O5/c1-12-5-17(18(25)10-27-21(26)14-6-15(22)9-23-8-14)13(2)24(12)16-3-4-19-20(7-16)29-11-28-19/h3-9H,10-11H2,1-2H3. The molecule has 4 rings (SSSR count). The van der Waals surface area contributed by atoms with Gasteiger partial charge < -0.3 is 18.8 Å². The summed E-state index contributed by atoms with van der Waals surface area (Å²) >= 11 is 3.25. The van der Waals surface area contributed by atoms with Gasteiger partial charge in [-0.1, -0.05) is 0 Å². The van der Waals surface area contributed by atoms with Gasteiger partial charge >= 0.3 is 5.97 Å². The van der Waals surface area contributed by atoms with Crippen LogP contribution < -0.4 is 9.47 Å². The Morgan fingerprint density at radius 1 is 1.14 bits per heavy atom. The number of Topliss-reactive ketones (excluding diaryl/α,β-unsaturated/α-hetero) is 1. The van der Waals surface area contributed by atoms with Crippen molar-refractivity contribution in [1.29, 1.82) is 0 Å². The second kappa shape index (κ2) is 7.71. The number of aromatic nitrogens is 2. The van der Waals surface area contributed by atoms with Gasteiger partial charge in [-0.3, -0.25) is 9.78 Å². The highest BCUT2D eigenvalue weighted by Gasteiger charge is 2.20. The molecule has 0 bridgehead atoms. The lowest BCUT2D eigenvalue weighted by Crippen LogP contribution is -2.15. The molecule has 3 aromatic rings. The van der Waals surface area contributed by atoms with Crippen molar-refractivity contribution >= 4 is 27.7 Å². The zero-order valence-electron chi connectivity index (χ0n) is 15.8. The van der Waals surface area contributed by atoms with Gasteiger partial charge in [0.2, 0.25) is 12.6 Å². The number of carbonyl (C=O) groups excluding carboxylic acids is 2. The Balaban J connectivity index is 1.53. The summed E-state index contributed by atoms with van der Waals surface area (Å²) in [5, 5.41) is 0. The van der Waals surface area contributed by atoms with E-state index < -0.39 is 5.97 Å². The number of carbonyl (C=O) groups is 2. The number of fused-ring (bicyclic) bond motifs is 1. The van der Waals surface area contributed by atoms with Gasteiger partial charge in [-0.2, -0.15) is 0 Å². The smallest absolute Gasteiger partial charge is 0.340 e. The van der Waals surface area contributed by atoms with Crippen LogP contribution in [0.4, 0.5) is 0 Å². The maximum absolute atomic E-state index is 12.7. The third-order valence-electron chi connectivity index (χ3n) is 4.62. The van der Waals surface area contributed by atoms with Gasteiger partial charge in [0, 0.05) is 45.6 Å². The Bertz CT molecular complexity index is 1120. The minimum atomic E-state index is -0.600. The molecule has 8 heteroatoms. The van der Waals surface area contributed by atoms with Gasteiger partial charge in [0.1, 0.15) is 0 Å². The minimum absolute atomic E-state index is 0.199. The molecule has 0 saturated carbocycles. The molecule has 0 aliphatic carbocycles. The SMILES string of the molecule is Cc1cc(C(=O)COC(=O)c2cncc(Br)c2)c(C)n1-c1ccc2c(c1)OCO2.